The van der Waals surface area contributed by atoms with Gasteiger partial charge in [0.05, 0.1) is 5.69 Å². The van der Waals surface area contributed by atoms with Gasteiger partial charge in [-0.15, -0.1) is 0 Å². The van der Waals surface area contributed by atoms with Crippen molar-refractivity contribution in [3.63, 3.8) is 0 Å². The first-order chi connectivity index (χ1) is 9.81. The fourth-order valence-corrected chi connectivity index (χ4v) is 2.96. The number of carboxylic acids is 1. The number of piperazine rings is 1. The molecule has 1 aliphatic heterocycles. The molecule has 116 valence electrons. The average molecular weight is 292 g/mol. The second-order valence-electron chi connectivity index (χ2n) is 5.89. The van der Waals surface area contributed by atoms with Crippen LogP contribution >= 0.6 is 0 Å². The zero-order valence-corrected chi connectivity index (χ0v) is 13.4. The smallest absolute Gasteiger partial charge is 0.328 e. The first-order valence-corrected chi connectivity index (χ1v) is 7.22. The summed E-state index contributed by atoms with van der Waals surface area (Å²) in [5.41, 5.74) is 1.74. The lowest BCUT2D eigenvalue weighted by atomic mass is 10.1. The minimum absolute atomic E-state index is 0.445. The van der Waals surface area contributed by atoms with Crippen molar-refractivity contribution in [2.75, 3.05) is 25.0 Å². The highest BCUT2D eigenvalue weighted by atomic mass is 16.4. The zero-order chi connectivity index (χ0) is 15.7. The number of likely N-dealkylation sites (N-methyl/N-ethyl adjacent to an activating group) is 1. The summed E-state index contributed by atoms with van der Waals surface area (Å²) in [7, 11) is 4.06. The Hall–Kier alpha value is -1.82. The van der Waals surface area contributed by atoms with E-state index in [1.165, 1.54) is 6.08 Å². The van der Waals surface area contributed by atoms with Crippen molar-refractivity contribution in [3.8, 4) is 0 Å². The van der Waals surface area contributed by atoms with Crippen LogP contribution < -0.4 is 4.90 Å². The molecular weight excluding hydrogens is 268 g/mol. The monoisotopic (exact) mass is 292 g/mol. The summed E-state index contributed by atoms with van der Waals surface area (Å²) in [4.78, 5) is 15.5. The molecule has 1 aromatic rings. The molecule has 1 aromatic heterocycles. The van der Waals surface area contributed by atoms with E-state index in [1.54, 1.807) is 6.08 Å². The minimum atomic E-state index is -0.940. The molecule has 2 unspecified atom stereocenters. The van der Waals surface area contributed by atoms with Crippen molar-refractivity contribution in [2.24, 2.45) is 7.05 Å². The fraction of sp³-hybridized carbons (Fsp3) is 0.600. The molecule has 1 aliphatic rings. The number of anilines is 1. The van der Waals surface area contributed by atoms with Crippen molar-refractivity contribution < 1.29 is 9.90 Å². The van der Waals surface area contributed by atoms with Crippen LogP contribution in [0.3, 0.4) is 0 Å². The van der Waals surface area contributed by atoms with Crippen molar-refractivity contribution >= 4 is 17.9 Å². The van der Waals surface area contributed by atoms with E-state index in [0.717, 1.165) is 30.2 Å². The molecule has 0 amide bonds. The standard InChI is InChI=1S/C15H24N4O2/c1-10-8-19(9-11(2)17(10)4)15-13(6-7-14(20)21)12(3)16-18(15)5/h6-7,10-11H,8-9H2,1-5H3,(H,20,21)/b7-6+. The molecule has 6 nitrogen and oxygen atoms in total. The Bertz CT molecular complexity index is 552. The number of carboxylic acid groups (broad SMARTS) is 1. The molecule has 0 aromatic carbocycles. The van der Waals surface area contributed by atoms with Crippen molar-refractivity contribution in [1.82, 2.24) is 14.7 Å². The van der Waals surface area contributed by atoms with E-state index in [4.69, 9.17) is 5.11 Å². The summed E-state index contributed by atoms with van der Waals surface area (Å²) in [5, 5.41) is 13.3. The third-order valence-corrected chi connectivity index (χ3v) is 4.29. The van der Waals surface area contributed by atoms with Gasteiger partial charge in [-0.05, 0) is 33.9 Å². The molecule has 2 atom stereocenters. The van der Waals surface area contributed by atoms with Crippen LogP contribution in [0.5, 0.6) is 0 Å². The highest BCUT2D eigenvalue weighted by Crippen LogP contribution is 2.28. The number of hydrogen-bond acceptors (Lipinski definition) is 4. The van der Waals surface area contributed by atoms with Gasteiger partial charge in [0.15, 0.2) is 0 Å². The number of aryl methyl sites for hydroxylation is 2. The van der Waals surface area contributed by atoms with Crippen LogP contribution in [0.2, 0.25) is 0 Å². The average Bonchev–Trinajstić information content (AvgIpc) is 2.67. The van der Waals surface area contributed by atoms with Crippen LogP contribution in [0, 0.1) is 6.92 Å². The minimum Gasteiger partial charge on any atom is -0.478 e. The molecule has 1 fully saturated rings. The maximum absolute atomic E-state index is 10.8. The van der Waals surface area contributed by atoms with Crippen LogP contribution in [0.1, 0.15) is 25.1 Å². The topological polar surface area (TPSA) is 61.6 Å². The van der Waals surface area contributed by atoms with Crippen LogP contribution in [0.4, 0.5) is 5.82 Å². The van der Waals surface area contributed by atoms with E-state index in [9.17, 15) is 4.79 Å². The number of aromatic nitrogens is 2. The molecule has 6 heteroatoms. The Labute approximate surface area is 125 Å². The van der Waals surface area contributed by atoms with E-state index in [1.807, 2.05) is 18.7 Å². The van der Waals surface area contributed by atoms with Gasteiger partial charge in [-0.2, -0.15) is 5.10 Å². The van der Waals surface area contributed by atoms with Gasteiger partial charge in [0, 0.05) is 43.9 Å². The summed E-state index contributed by atoms with van der Waals surface area (Å²) in [6.07, 6.45) is 2.82. The van der Waals surface area contributed by atoms with Crippen molar-refractivity contribution in [1.29, 1.82) is 0 Å². The molecule has 0 saturated carbocycles. The largest absolute Gasteiger partial charge is 0.478 e. The Morgan fingerprint density at radius 3 is 2.38 bits per heavy atom. The van der Waals surface area contributed by atoms with Crippen molar-refractivity contribution in [3.05, 3.63) is 17.3 Å². The molecule has 0 bridgehead atoms. The van der Waals surface area contributed by atoms with Crippen LogP contribution in [0.25, 0.3) is 6.08 Å². The third kappa shape index (κ3) is 3.10. The Kier molecular flexibility index (Phi) is 4.37. The third-order valence-electron chi connectivity index (χ3n) is 4.29. The van der Waals surface area contributed by atoms with Gasteiger partial charge in [-0.3, -0.25) is 9.58 Å². The molecule has 2 rings (SSSR count). The van der Waals surface area contributed by atoms with Gasteiger partial charge in [0.25, 0.3) is 0 Å². The van der Waals surface area contributed by atoms with E-state index >= 15 is 0 Å². The summed E-state index contributed by atoms with van der Waals surface area (Å²) in [6.45, 7) is 8.15. The van der Waals surface area contributed by atoms with Gasteiger partial charge in [-0.1, -0.05) is 0 Å². The first kappa shape index (κ1) is 15.6. The number of nitrogens with zero attached hydrogens (tertiary/aromatic N) is 4. The van der Waals surface area contributed by atoms with Gasteiger partial charge >= 0.3 is 5.97 Å². The van der Waals surface area contributed by atoms with E-state index in [-0.39, 0.29) is 0 Å². The van der Waals surface area contributed by atoms with E-state index < -0.39 is 5.97 Å². The maximum Gasteiger partial charge on any atom is 0.328 e. The molecule has 0 aliphatic carbocycles. The SMILES string of the molecule is Cc1nn(C)c(N2CC(C)N(C)C(C)C2)c1/C=C/C(=O)O. The van der Waals surface area contributed by atoms with Crippen LogP contribution in [-0.4, -0.2) is 58.0 Å². The summed E-state index contributed by atoms with van der Waals surface area (Å²) < 4.78 is 1.85. The molecule has 2 heterocycles. The van der Waals surface area contributed by atoms with Crippen LogP contribution in [0.15, 0.2) is 6.08 Å². The Morgan fingerprint density at radius 2 is 1.86 bits per heavy atom. The Balaban J connectivity index is 2.37. The summed E-state index contributed by atoms with van der Waals surface area (Å²) in [5.74, 6) is 0.0566. The Morgan fingerprint density at radius 1 is 1.29 bits per heavy atom. The van der Waals surface area contributed by atoms with Gasteiger partial charge < -0.3 is 10.0 Å². The highest BCUT2D eigenvalue weighted by molar-refractivity contribution is 5.87. The zero-order valence-electron chi connectivity index (χ0n) is 13.4. The normalized spacial score (nSPS) is 24.0. The lowest BCUT2D eigenvalue weighted by molar-refractivity contribution is -0.131. The quantitative estimate of drug-likeness (QED) is 0.852. The molecule has 0 radical (unpaired) electrons. The van der Waals surface area contributed by atoms with Crippen molar-refractivity contribution in [2.45, 2.75) is 32.9 Å². The maximum atomic E-state index is 10.8. The first-order valence-electron chi connectivity index (χ1n) is 7.22. The molecule has 1 saturated heterocycles. The molecule has 1 N–H and O–H groups in total. The number of hydrogen-bond donors (Lipinski definition) is 1. The summed E-state index contributed by atoms with van der Waals surface area (Å²) in [6, 6.07) is 0.889. The summed E-state index contributed by atoms with van der Waals surface area (Å²) >= 11 is 0. The van der Waals surface area contributed by atoms with E-state index in [2.05, 4.69) is 35.8 Å². The fourth-order valence-electron chi connectivity index (χ4n) is 2.96. The number of aliphatic carboxylic acids is 1. The molecule has 0 spiro atoms. The van der Waals surface area contributed by atoms with Gasteiger partial charge in [0.2, 0.25) is 0 Å². The van der Waals surface area contributed by atoms with Gasteiger partial charge in [0.1, 0.15) is 5.82 Å². The van der Waals surface area contributed by atoms with Crippen LogP contribution in [-0.2, 0) is 11.8 Å². The lowest BCUT2D eigenvalue weighted by Crippen LogP contribution is -2.55. The highest BCUT2D eigenvalue weighted by Gasteiger charge is 2.29. The predicted molar refractivity (Wildman–Crippen MR) is 83.5 cm³/mol. The number of rotatable bonds is 3. The molecular formula is C15H24N4O2. The van der Waals surface area contributed by atoms with E-state index in [0.29, 0.717) is 12.1 Å². The number of carbonyl (C=O) groups is 1. The molecule has 21 heavy (non-hydrogen) atoms. The predicted octanol–water partition coefficient (Wildman–Crippen LogP) is 1.36. The second kappa shape index (κ2) is 5.89. The second-order valence-corrected chi connectivity index (χ2v) is 5.89. The lowest BCUT2D eigenvalue weighted by Gasteiger charge is -2.43. The van der Waals surface area contributed by atoms with Gasteiger partial charge in [-0.25, -0.2) is 4.79 Å².